The molecular weight excluding hydrogens is 1770 g/mol. The van der Waals surface area contributed by atoms with Gasteiger partial charge in [0.15, 0.2) is 0 Å². The summed E-state index contributed by atoms with van der Waals surface area (Å²) in [5, 5.41) is 13.7. The van der Waals surface area contributed by atoms with Crippen molar-refractivity contribution < 1.29 is 33.5 Å². The van der Waals surface area contributed by atoms with Crippen LogP contribution in [0.3, 0.4) is 0 Å². The third kappa shape index (κ3) is 19.2. The topological polar surface area (TPSA) is 26.3 Å². The Morgan fingerprint density at radius 3 is 0.943 bits per heavy atom. The molecule has 6 aromatic heterocycles. The molecule has 696 valence electrons. The fourth-order valence-electron chi connectivity index (χ4n) is 19.1. The highest BCUT2D eigenvalue weighted by Gasteiger charge is 2.29. The van der Waals surface area contributed by atoms with Crippen molar-refractivity contribution in [3.05, 3.63) is 432 Å². The monoisotopic (exact) mass is 1910 g/mol. The van der Waals surface area contributed by atoms with Crippen molar-refractivity contribution in [2.24, 2.45) is 0 Å². The Hall–Kier alpha value is -13.6. The number of thiophene rings is 4. The zero-order valence-electron chi connectivity index (χ0n) is 101. The van der Waals surface area contributed by atoms with Crippen LogP contribution in [0, 0.1) is 13.8 Å². The summed E-state index contributed by atoms with van der Waals surface area (Å²) in [6.45, 7) is 43.1. The molecule has 0 atom stereocenters. The lowest BCUT2D eigenvalue weighted by Crippen LogP contribution is -2.11. The molecule has 6 heterocycles. The van der Waals surface area contributed by atoms with Crippen LogP contribution in [0.4, 0.5) is 0 Å². The number of furan rings is 2. The van der Waals surface area contributed by atoms with Crippen molar-refractivity contribution in [2.45, 2.75) is 171 Å². The van der Waals surface area contributed by atoms with E-state index >= 15 is 0 Å². The Morgan fingerprint density at radius 2 is 0.500 bits per heavy atom. The van der Waals surface area contributed by atoms with Crippen LogP contribution in [0.1, 0.15) is 194 Å². The standard InChI is InChI=1S/C23H22O.C23H22S.C22H20O.3C22H20S/c2*1-15-8-5-9-16(14-15)17-10-6-12-19-21(17)22-18(23(2,3)4)11-7-13-20(22)24-19;1-22(2,3)19-14-8-13-18-17-12-7-11-16(20(17)23-21(18)19)15-9-5-4-6-10-15;1-22(2,3)17-12-8-14-19-21(17)20-16(11-7-13-18(20)23-19)15-9-5-4-6-10-15;2*1-22(2,3)19-14-8-13-18-17-12-7-11-16(20(17)23-21(18)19)15-9-5-4-6-10-15/h2*5-14H,1-4H3;4*4-14H,1-3H3/i2*5D,8D,9D,14D;4D,5D,6D,9D,10D;;4D,5D,6D,9D,10D;. The average Bonchev–Trinajstić information content (AvgIpc) is 1.58. The molecule has 24 rings (SSSR count). The Kier molecular flexibility index (Phi) is 20.8. The number of benzene rings is 18. The van der Waals surface area contributed by atoms with Gasteiger partial charge in [0.05, 0.1) is 24.7 Å². The first-order valence-electron chi connectivity index (χ1n) is 56.7. The Labute approximate surface area is 867 Å². The summed E-state index contributed by atoms with van der Waals surface area (Å²) in [7, 11) is 0. The second-order valence-electron chi connectivity index (χ2n) is 42.0. The highest BCUT2D eigenvalue weighted by atomic mass is 32.1. The minimum atomic E-state index is -0.398. The van der Waals surface area contributed by atoms with E-state index in [2.05, 4.69) is 307 Å². The highest BCUT2D eigenvalue weighted by Crippen LogP contribution is 2.51. The van der Waals surface area contributed by atoms with E-state index in [0.29, 0.717) is 50.1 Å². The van der Waals surface area contributed by atoms with Gasteiger partial charge in [-0.1, -0.05) is 487 Å². The van der Waals surface area contributed by atoms with Crippen LogP contribution in [0.5, 0.6) is 0 Å². The van der Waals surface area contributed by atoms with E-state index in [1.807, 2.05) is 114 Å². The fraction of sp³-hybridized carbons (Fsp3) is 0.194. The average molecular weight is 1910 g/mol. The molecule has 0 N–H and O–H groups in total. The van der Waals surface area contributed by atoms with Crippen LogP contribution in [-0.2, 0) is 32.5 Å². The van der Waals surface area contributed by atoms with Gasteiger partial charge in [-0.15, -0.1) is 45.3 Å². The van der Waals surface area contributed by atoms with E-state index in [-0.39, 0.29) is 146 Å². The van der Waals surface area contributed by atoms with Gasteiger partial charge in [-0.3, -0.25) is 0 Å². The minimum absolute atomic E-state index is 0.0166. The smallest absolute Gasteiger partial charge is 0.143 e. The third-order valence-corrected chi connectivity index (χ3v) is 30.6. The molecule has 24 aromatic rings. The quantitative estimate of drug-likeness (QED) is 0.166. The fourth-order valence-corrected chi connectivity index (χ4v) is 24.6. The molecule has 0 aliphatic rings. The molecular formula is C134H124O2S4. The van der Waals surface area contributed by atoms with Crippen LogP contribution in [0.2, 0.25) is 0 Å². The molecule has 6 heteroatoms. The molecule has 0 aliphatic carbocycles. The summed E-state index contributed by atoms with van der Waals surface area (Å²) < 4.78 is 170. The molecule has 140 heavy (non-hydrogen) atoms. The molecule has 0 spiro atoms. The molecule has 0 radical (unpaired) electrons. The van der Waals surface area contributed by atoms with E-state index in [4.69, 9.17) is 33.5 Å². The Balaban J connectivity index is 0.000000118. The Morgan fingerprint density at radius 1 is 0.200 bits per heavy atom. The van der Waals surface area contributed by atoms with E-state index in [0.717, 1.165) is 75.0 Å². The first-order chi connectivity index (χ1) is 74.6. The van der Waals surface area contributed by atoms with Gasteiger partial charge in [-0.2, -0.15) is 0 Å². The van der Waals surface area contributed by atoms with Gasteiger partial charge in [0, 0.05) is 113 Å². The van der Waals surface area contributed by atoms with Gasteiger partial charge < -0.3 is 8.83 Å². The SMILES string of the molecule is CC(C)(C)c1cccc2c1sc1c(-c3ccccc3)cccc12.CC(C)(C)c1cccc2sc3cccc(-c4ccccc4)c3c12.[2H]c1c([2H])c(C)c([2H])c(-c2cccc3oc4cccc(C(C)(C)C)c4c23)c1[2H].[2H]c1c([2H])c(C)c([2H])c(-c2cccc3sc4cccc(C(C)(C)C)c4c23)c1[2H].[2H]c1c([2H])c([2H])c(-c2cccc3c2oc2c(C(C)(C)C)cccc23)c([2H])c1[2H].[2H]c1c([2H])c([2H])c(-c2cccc3c2sc2c(C(C)(C)C)cccc23)c([2H])c1[2H]. The molecule has 0 bridgehead atoms. The molecule has 0 aliphatic heterocycles. The summed E-state index contributed by atoms with van der Waals surface area (Å²) in [5.41, 5.74) is 20.4. The molecule has 0 amide bonds. The summed E-state index contributed by atoms with van der Waals surface area (Å²) in [6.07, 6.45) is 0. The number of hydrogen-bond acceptors (Lipinski definition) is 6. The maximum absolute atomic E-state index is 8.60. The van der Waals surface area contributed by atoms with Crippen molar-refractivity contribution in [3.8, 4) is 66.8 Å². The molecule has 0 saturated heterocycles. The summed E-state index contributed by atoms with van der Waals surface area (Å²) >= 11 is 7.19. The van der Waals surface area contributed by atoms with Crippen molar-refractivity contribution in [3.63, 3.8) is 0 Å². The maximum Gasteiger partial charge on any atom is 0.143 e. The van der Waals surface area contributed by atoms with Crippen LogP contribution in [-0.4, -0.2) is 0 Å². The van der Waals surface area contributed by atoms with Gasteiger partial charge in [0.2, 0.25) is 0 Å². The van der Waals surface area contributed by atoms with Gasteiger partial charge in [-0.25, -0.2) is 0 Å². The van der Waals surface area contributed by atoms with Crippen molar-refractivity contribution in [1.29, 1.82) is 0 Å². The van der Waals surface area contributed by atoms with Gasteiger partial charge >= 0.3 is 0 Å². The zero-order valence-corrected chi connectivity index (χ0v) is 86.3. The summed E-state index contributed by atoms with van der Waals surface area (Å²) in [4.78, 5) is 0. The third-order valence-electron chi connectivity index (χ3n) is 25.7. The molecule has 18 aromatic carbocycles. The van der Waals surface area contributed by atoms with E-state index < -0.39 is 6.04 Å². The zero-order chi connectivity index (χ0) is 114. The number of rotatable bonds is 6. The van der Waals surface area contributed by atoms with E-state index in [1.165, 1.54) is 99.6 Å². The van der Waals surface area contributed by atoms with Crippen LogP contribution in [0.15, 0.2) is 397 Å². The molecule has 0 saturated carbocycles. The second-order valence-corrected chi connectivity index (χ2v) is 46.2. The van der Waals surface area contributed by atoms with E-state index in [1.54, 1.807) is 42.6 Å². The van der Waals surface area contributed by atoms with Crippen LogP contribution >= 0.6 is 45.3 Å². The lowest BCUT2D eigenvalue weighted by molar-refractivity contribution is 0.573. The van der Waals surface area contributed by atoms with Crippen LogP contribution < -0.4 is 0 Å². The highest BCUT2D eigenvalue weighted by molar-refractivity contribution is 7.27. The predicted octanol–water partition coefficient (Wildman–Crippen LogP) is 41.8. The first kappa shape index (κ1) is 75.4. The van der Waals surface area contributed by atoms with Gasteiger partial charge in [0.1, 0.15) is 22.3 Å². The normalized spacial score (nSPS) is 13.9. The largest absolute Gasteiger partial charge is 0.456 e. The molecule has 0 fully saturated rings. The van der Waals surface area contributed by atoms with Crippen molar-refractivity contribution in [2.75, 3.05) is 0 Å². The van der Waals surface area contributed by atoms with Gasteiger partial charge in [-0.05, 0) is 172 Å². The minimum Gasteiger partial charge on any atom is -0.456 e. The lowest BCUT2D eigenvalue weighted by Gasteiger charge is -2.21. The lowest BCUT2D eigenvalue weighted by atomic mass is 9.83. The number of fused-ring (bicyclic) bond motifs is 18. The van der Waals surface area contributed by atoms with Crippen LogP contribution in [0.25, 0.3) is 191 Å². The summed E-state index contributed by atoms with van der Waals surface area (Å²) in [5.74, 6) is 0. The maximum atomic E-state index is 8.60. The predicted molar refractivity (Wildman–Crippen MR) is 619 cm³/mol. The first-order valence-corrected chi connectivity index (χ1v) is 51.0. The Bertz CT molecular complexity index is 9360. The van der Waals surface area contributed by atoms with Gasteiger partial charge in [0.25, 0.3) is 0 Å². The number of para-hydroxylation sites is 2. The molecule has 0 unspecified atom stereocenters. The second kappa shape index (κ2) is 38.6. The summed E-state index contributed by atoms with van der Waals surface area (Å²) in [6, 6.07) is 92.8. The van der Waals surface area contributed by atoms with Crippen molar-refractivity contribution in [1.82, 2.24) is 0 Å². The van der Waals surface area contributed by atoms with E-state index in [9.17, 15) is 0 Å². The van der Waals surface area contributed by atoms with Crippen molar-refractivity contribution >= 4 is 170 Å². The number of hydrogen-bond donors (Lipinski definition) is 0. The molecule has 2 nitrogen and oxygen atoms in total.